The fraction of sp³-hybridized carbons (Fsp3) is 0.439. The molecule has 3 N–H and O–H groups in total. The van der Waals surface area contributed by atoms with Crippen molar-refractivity contribution in [3.63, 3.8) is 0 Å². The van der Waals surface area contributed by atoms with E-state index in [1.807, 2.05) is 27.0 Å². The Kier molecular flexibility index (Phi) is 10.7. The van der Waals surface area contributed by atoms with Crippen LogP contribution >= 0.6 is 0 Å². The molecule has 3 aliphatic heterocycles. The molecule has 3 atom stereocenters. The monoisotopic (exact) mass is 853 g/mol. The summed E-state index contributed by atoms with van der Waals surface area (Å²) < 4.78 is 54.3. The number of aromatic nitrogens is 8. The number of anilines is 3. The number of carbonyl (C=O) groups excluding carboxylic acids is 2. The summed E-state index contributed by atoms with van der Waals surface area (Å²) in [5.41, 5.74) is 3.75. The molecule has 61 heavy (non-hydrogen) atoms. The third-order valence-corrected chi connectivity index (χ3v) is 13.7. The van der Waals surface area contributed by atoms with Crippen LogP contribution in [0.2, 0.25) is 0 Å². The third-order valence-electron chi connectivity index (χ3n) is 11.9. The van der Waals surface area contributed by atoms with Crippen molar-refractivity contribution in [1.82, 2.24) is 54.1 Å². The Labute approximate surface area is 351 Å². The van der Waals surface area contributed by atoms with Gasteiger partial charge in [0.05, 0.1) is 28.4 Å². The second-order valence-corrected chi connectivity index (χ2v) is 18.5. The number of nitrogens with one attached hydrogen (secondary N) is 3. The standard InChI is InChI=1S/C41H48FN13O5S/c1-24(2)60-37-36(28-18-44-45-19-28)43-23-55-39(37)48-40(50-55)46-33-10-8-29(17-32(33)42)61(58,59)53-13-5-6-26(22-53)21-52-14-11-30(25(3)20-52)27-7-9-31-34(16-27)51(4)49-38(31)54-15-12-35(56)47-41(54)57/h7-10,16-19,23-26,30H,5-6,11-15,20-22H2,1-4H3,(H,44,45)(H,46,50)(H,47,56,57). The van der Waals surface area contributed by atoms with Gasteiger partial charge in [0.25, 0.3) is 0 Å². The number of nitrogens with zero attached hydrogens (tertiary/aromatic N) is 10. The molecule has 0 bridgehead atoms. The lowest BCUT2D eigenvalue weighted by atomic mass is 9.81. The Bertz CT molecular complexity index is 2740. The Morgan fingerprint density at radius 1 is 1.05 bits per heavy atom. The number of carbonyl (C=O) groups is 2. The number of amides is 3. The predicted molar refractivity (Wildman–Crippen MR) is 224 cm³/mol. The Hall–Kier alpha value is -5.99. The van der Waals surface area contributed by atoms with Crippen LogP contribution in [0, 0.1) is 17.7 Å². The van der Waals surface area contributed by atoms with E-state index in [0.717, 1.165) is 55.9 Å². The molecule has 0 radical (unpaired) electrons. The number of hydrogen-bond acceptors (Lipinski definition) is 12. The number of benzene rings is 2. The summed E-state index contributed by atoms with van der Waals surface area (Å²) in [6, 6.07) is 9.71. The lowest BCUT2D eigenvalue weighted by Gasteiger charge is -2.40. The average molecular weight is 854 g/mol. The molecule has 18 nitrogen and oxygen atoms in total. The van der Waals surface area contributed by atoms with E-state index >= 15 is 4.39 Å². The van der Waals surface area contributed by atoms with E-state index in [0.29, 0.717) is 53.4 Å². The summed E-state index contributed by atoms with van der Waals surface area (Å²) >= 11 is 0. The van der Waals surface area contributed by atoms with Crippen molar-refractivity contribution in [2.24, 2.45) is 18.9 Å². The first-order valence-electron chi connectivity index (χ1n) is 20.6. The molecule has 3 saturated heterocycles. The average Bonchev–Trinajstić information content (AvgIpc) is 3.98. The molecule has 3 fully saturated rings. The summed E-state index contributed by atoms with van der Waals surface area (Å²) in [6.07, 6.45) is 7.42. The topological polar surface area (TPSA) is 201 Å². The molecule has 0 spiro atoms. The second kappa shape index (κ2) is 16.1. The lowest BCUT2D eigenvalue weighted by Crippen LogP contribution is -2.49. The molecule has 9 rings (SSSR count). The largest absolute Gasteiger partial charge is 0.485 e. The summed E-state index contributed by atoms with van der Waals surface area (Å²) in [7, 11) is -2.10. The van der Waals surface area contributed by atoms with Crippen LogP contribution in [0.5, 0.6) is 5.75 Å². The summed E-state index contributed by atoms with van der Waals surface area (Å²) in [4.78, 5) is 37.2. The van der Waals surface area contributed by atoms with Crippen LogP contribution in [-0.4, -0.2) is 114 Å². The minimum Gasteiger partial charge on any atom is -0.485 e. The van der Waals surface area contributed by atoms with Gasteiger partial charge in [0, 0.05) is 63.3 Å². The molecule has 3 unspecified atom stereocenters. The summed E-state index contributed by atoms with van der Waals surface area (Å²) in [6.45, 7) is 9.58. The smallest absolute Gasteiger partial charge is 0.329 e. The maximum atomic E-state index is 15.7. The summed E-state index contributed by atoms with van der Waals surface area (Å²) in [5, 5.41) is 22.0. The predicted octanol–water partition coefficient (Wildman–Crippen LogP) is 5.04. The van der Waals surface area contributed by atoms with Crippen LogP contribution in [0.1, 0.15) is 57.9 Å². The molecule has 0 saturated carbocycles. The number of likely N-dealkylation sites (tertiary alicyclic amines) is 1. The van der Waals surface area contributed by atoms with Crippen molar-refractivity contribution >= 4 is 56.0 Å². The highest BCUT2D eigenvalue weighted by Gasteiger charge is 2.35. The van der Waals surface area contributed by atoms with Crippen molar-refractivity contribution in [2.45, 2.75) is 63.4 Å². The van der Waals surface area contributed by atoms with Crippen molar-refractivity contribution in [2.75, 3.05) is 49.5 Å². The fourth-order valence-corrected chi connectivity index (χ4v) is 10.5. The van der Waals surface area contributed by atoms with Gasteiger partial charge in [0.2, 0.25) is 27.5 Å². The van der Waals surface area contributed by atoms with Gasteiger partial charge >= 0.3 is 6.03 Å². The van der Waals surface area contributed by atoms with Crippen molar-refractivity contribution in [3.05, 3.63) is 66.5 Å². The first kappa shape index (κ1) is 40.4. The molecule has 0 aliphatic carbocycles. The number of aryl methyl sites for hydroxylation is 1. The molecule has 3 amide bonds. The molecular weight excluding hydrogens is 806 g/mol. The molecule has 320 valence electrons. The zero-order valence-corrected chi connectivity index (χ0v) is 35.2. The number of sulfonamides is 1. The van der Waals surface area contributed by atoms with Crippen LogP contribution < -0.4 is 20.3 Å². The molecular formula is C41H48FN13O5S. The number of ether oxygens (including phenoxy) is 1. The van der Waals surface area contributed by atoms with Gasteiger partial charge in [-0.1, -0.05) is 13.0 Å². The molecule has 4 aromatic heterocycles. The maximum absolute atomic E-state index is 15.7. The fourth-order valence-electron chi connectivity index (χ4n) is 8.95. The Morgan fingerprint density at radius 2 is 1.90 bits per heavy atom. The number of H-pyrrole nitrogens is 1. The molecule has 6 aromatic rings. The number of rotatable bonds is 11. The van der Waals surface area contributed by atoms with Crippen LogP contribution in [-0.2, 0) is 21.9 Å². The number of halogens is 1. The summed E-state index contributed by atoms with van der Waals surface area (Å²) in [5.74, 6) is 0.788. The highest BCUT2D eigenvalue weighted by Crippen LogP contribution is 2.38. The zero-order chi connectivity index (χ0) is 42.6. The highest BCUT2D eigenvalue weighted by atomic mass is 32.2. The maximum Gasteiger partial charge on any atom is 0.329 e. The van der Waals surface area contributed by atoms with Crippen molar-refractivity contribution < 1.29 is 27.1 Å². The van der Waals surface area contributed by atoms with E-state index in [9.17, 15) is 18.0 Å². The molecule has 3 aliphatic rings. The van der Waals surface area contributed by atoms with Crippen LogP contribution in [0.25, 0.3) is 27.8 Å². The number of fused-ring (bicyclic) bond motifs is 2. The van der Waals surface area contributed by atoms with Gasteiger partial charge < -0.3 is 15.0 Å². The minimum atomic E-state index is -3.97. The second-order valence-electron chi connectivity index (χ2n) is 16.5. The van der Waals surface area contributed by atoms with Crippen LogP contribution in [0.4, 0.5) is 26.6 Å². The number of aromatic amines is 1. The Morgan fingerprint density at radius 3 is 2.66 bits per heavy atom. The van der Waals surface area contributed by atoms with Crippen molar-refractivity contribution in [1.29, 1.82) is 0 Å². The highest BCUT2D eigenvalue weighted by molar-refractivity contribution is 7.89. The number of imide groups is 1. The quantitative estimate of drug-likeness (QED) is 0.157. The van der Waals surface area contributed by atoms with Gasteiger partial charge in [-0.3, -0.25) is 24.8 Å². The number of urea groups is 1. The van der Waals surface area contributed by atoms with E-state index in [-0.39, 0.29) is 47.4 Å². The zero-order valence-electron chi connectivity index (χ0n) is 34.4. The lowest BCUT2D eigenvalue weighted by molar-refractivity contribution is -0.120. The van der Waals surface area contributed by atoms with Gasteiger partial charge in [-0.25, -0.2) is 22.6 Å². The van der Waals surface area contributed by atoms with Crippen molar-refractivity contribution in [3.8, 4) is 17.0 Å². The first-order chi connectivity index (χ1) is 29.3. The van der Waals surface area contributed by atoms with E-state index in [1.165, 1.54) is 37.7 Å². The van der Waals surface area contributed by atoms with Gasteiger partial charge in [0.15, 0.2) is 11.6 Å². The van der Waals surface area contributed by atoms with E-state index in [1.54, 1.807) is 17.1 Å². The third kappa shape index (κ3) is 7.90. The van der Waals surface area contributed by atoms with E-state index in [2.05, 4.69) is 65.0 Å². The van der Waals surface area contributed by atoms with Gasteiger partial charge in [-0.05, 0) is 93.3 Å². The molecule has 20 heteroatoms. The van der Waals surface area contributed by atoms with Crippen LogP contribution in [0.15, 0.2) is 60.0 Å². The molecule has 2 aromatic carbocycles. The van der Waals surface area contributed by atoms with Gasteiger partial charge in [0.1, 0.15) is 17.8 Å². The normalized spacial score (nSPS) is 20.8. The van der Waals surface area contributed by atoms with Crippen LogP contribution in [0.3, 0.4) is 0 Å². The molecule has 7 heterocycles. The minimum absolute atomic E-state index is 0.0217. The Balaban J connectivity index is 0.834. The van der Waals surface area contributed by atoms with Gasteiger partial charge in [-0.2, -0.15) is 24.0 Å². The number of piperidine rings is 2. The van der Waals surface area contributed by atoms with E-state index < -0.39 is 21.9 Å². The first-order valence-corrected chi connectivity index (χ1v) is 22.0. The SMILES string of the molecule is CC(C)Oc1c(-c2cn[nH]c2)ncn2nc(Nc3ccc(S(=O)(=O)N4CCCC(CN5CCC(c6ccc7c(N8CCC(=O)NC8=O)nn(C)c7c6)C(C)C5)C4)cc3F)nc12. The number of hydrogen-bond donors (Lipinski definition) is 3. The van der Waals surface area contributed by atoms with E-state index in [4.69, 9.17) is 4.74 Å². The van der Waals surface area contributed by atoms with Gasteiger partial charge in [-0.15, -0.1) is 5.10 Å².